The minimum Gasteiger partial charge on any atom is -0.273 e. The normalized spacial score (nSPS) is 21.4. The average Bonchev–Trinajstić information content (AvgIpc) is 3.40. The summed E-state index contributed by atoms with van der Waals surface area (Å²) in [5.74, 6) is -0.0588. The molecule has 4 heteroatoms. The summed E-state index contributed by atoms with van der Waals surface area (Å²) < 4.78 is 0. The van der Waals surface area contributed by atoms with Crippen molar-refractivity contribution in [3.63, 3.8) is 0 Å². The summed E-state index contributed by atoms with van der Waals surface area (Å²) in [6.45, 7) is 8.79. The van der Waals surface area contributed by atoms with E-state index in [2.05, 4.69) is 67.5 Å². The highest BCUT2D eigenvalue weighted by Gasteiger charge is 2.55. The van der Waals surface area contributed by atoms with Crippen LogP contribution in [0.1, 0.15) is 50.8 Å². The van der Waals surface area contributed by atoms with Gasteiger partial charge in [-0.1, -0.05) is 64.1 Å². The molecule has 3 aromatic rings. The first-order valence-corrected chi connectivity index (χ1v) is 10.1. The molecular formula is C25H27N3O. The van der Waals surface area contributed by atoms with Crippen molar-refractivity contribution in [1.29, 1.82) is 0 Å². The Bertz CT molecular complexity index is 1080. The van der Waals surface area contributed by atoms with Gasteiger partial charge in [-0.15, -0.1) is 0 Å². The minimum atomic E-state index is -0.105. The standard InChI is InChI=1S/C25H27N3O/c1-24(2,3)20-7-9-21(10-8-20)25(4)14-22(25)23(29)28-27-15-17-5-6-19-16-26-12-11-18(19)13-17/h5-13,15-16,22H,14H2,1-4H3,(H,28,29)/b27-15+. The Morgan fingerprint density at radius 3 is 2.62 bits per heavy atom. The van der Waals surface area contributed by atoms with E-state index in [-0.39, 0.29) is 22.7 Å². The third-order valence-corrected chi connectivity index (χ3v) is 6.02. The molecule has 1 fully saturated rings. The van der Waals surface area contributed by atoms with Gasteiger partial charge in [0.15, 0.2) is 0 Å². The predicted octanol–water partition coefficient (Wildman–Crippen LogP) is 4.96. The van der Waals surface area contributed by atoms with Gasteiger partial charge in [0.25, 0.3) is 0 Å². The summed E-state index contributed by atoms with van der Waals surface area (Å²) in [5.41, 5.74) is 6.22. The third-order valence-electron chi connectivity index (χ3n) is 6.02. The molecule has 1 heterocycles. The molecule has 4 rings (SSSR count). The molecule has 148 valence electrons. The Hall–Kier alpha value is -3.01. The van der Waals surface area contributed by atoms with Crippen molar-refractivity contribution in [3.8, 4) is 0 Å². The fourth-order valence-corrected chi connectivity index (χ4v) is 3.85. The predicted molar refractivity (Wildman–Crippen MR) is 118 cm³/mol. The van der Waals surface area contributed by atoms with Crippen LogP contribution in [-0.2, 0) is 15.6 Å². The zero-order valence-electron chi connectivity index (χ0n) is 17.4. The highest BCUT2D eigenvalue weighted by molar-refractivity contribution is 5.91. The van der Waals surface area contributed by atoms with Crippen LogP contribution in [-0.4, -0.2) is 17.1 Å². The van der Waals surface area contributed by atoms with Crippen LogP contribution in [0.4, 0.5) is 0 Å². The average molecular weight is 386 g/mol. The SMILES string of the molecule is CC(C)(C)c1ccc(C2(C)CC2C(=O)N/N=C/c2ccc3cnccc3c2)cc1. The molecule has 1 aliphatic carbocycles. The molecule has 29 heavy (non-hydrogen) atoms. The number of rotatable bonds is 4. The molecule has 0 radical (unpaired) electrons. The molecule has 2 unspecified atom stereocenters. The summed E-state index contributed by atoms with van der Waals surface area (Å²) in [5, 5.41) is 6.36. The minimum absolute atomic E-state index is 0.0198. The van der Waals surface area contributed by atoms with Gasteiger partial charge in [0, 0.05) is 23.2 Å². The Morgan fingerprint density at radius 1 is 1.14 bits per heavy atom. The molecule has 1 aromatic heterocycles. The molecule has 0 saturated heterocycles. The van der Waals surface area contributed by atoms with E-state index >= 15 is 0 Å². The van der Waals surface area contributed by atoms with Crippen LogP contribution in [0.25, 0.3) is 10.8 Å². The van der Waals surface area contributed by atoms with Crippen LogP contribution in [0.15, 0.2) is 66.0 Å². The van der Waals surface area contributed by atoms with Crippen LogP contribution in [0.2, 0.25) is 0 Å². The van der Waals surface area contributed by atoms with Gasteiger partial charge in [-0.05, 0) is 46.0 Å². The molecule has 0 spiro atoms. The number of nitrogens with zero attached hydrogens (tertiary/aromatic N) is 2. The van der Waals surface area contributed by atoms with Gasteiger partial charge in [-0.2, -0.15) is 5.10 Å². The number of aromatic nitrogens is 1. The topological polar surface area (TPSA) is 54.4 Å². The molecule has 1 amide bonds. The zero-order valence-corrected chi connectivity index (χ0v) is 17.4. The fourth-order valence-electron chi connectivity index (χ4n) is 3.85. The Balaban J connectivity index is 1.39. The smallest absolute Gasteiger partial charge is 0.244 e. The van der Waals surface area contributed by atoms with Crippen molar-refractivity contribution in [2.24, 2.45) is 11.0 Å². The summed E-state index contributed by atoms with van der Waals surface area (Å²) in [6, 6.07) is 16.7. The molecule has 1 saturated carbocycles. The van der Waals surface area contributed by atoms with E-state index in [0.29, 0.717) is 0 Å². The number of benzene rings is 2. The van der Waals surface area contributed by atoms with Gasteiger partial charge in [0.05, 0.1) is 12.1 Å². The molecule has 4 nitrogen and oxygen atoms in total. The molecule has 0 aliphatic heterocycles. The lowest BCUT2D eigenvalue weighted by Crippen LogP contribution is -2.23. The fraction of sp³-hybridized carbons (Fsp3) is 0.320. The van der Waals surface area contributed by atoms with Crippen molar-refractivity contribution in [2.45, 2.75) is 44.9 Å². The van der Waals surface area contributed by atoms with Gasteiger partial charge in [-0.3, -0.25) is 9.78 Å². The maximum atomic E-state index is 12.6. The van der Waals surface area contributed by atoms with Crippen LogP contribution >= 0.6 is 0 Å². The molecule has 1 aliphatic rings. The number of pyridine rings is 1. The van der Waals surface area contributed by atoms with Crippen molar-refractivity contribution < 1.29 is 4.79 Å². The number of amides is 1. The van der Waals surface area contributed by atoms with Crippen LogP contribution in [0.3, 0.4) is 0 Å². The lowest BCUT2D eigenvalue weighted by molar-refractivity contribution is -0.122. The van der Waals surface area contributed by atoms with E-state index in [0.717, 1.165) is 22.8 Å². The second-order valence-electron chi connectivity index (χ2n) is 9.22. The van der Waals surface area contributed by atoms with Crippen LogP contribution in [0, 0.1) is 5.92 Å². The number of hydrogen-bond donors (Lipinski definition) is 1. The zero-order chi connectivity index (χ0) is 20.6. The molecule has 0 bridgehead atoms. The summed E-state index contributed by atoms with van der Waals surface area (Å²) in [7, 11) is 0. The van der Waals surface area contributed by atoms with Crippen molar-refractivity contribution in [3.05, 3.63) is 77.6 Å². The Labute approximate surface area is 172 Å². The maximum Gasteiger partial charge on any atom is 0.244 e. The Morgan fingerprint density at radius 2 is 1.90 bits per heavy atom. The molecule has 1 N–H and O–H groups in total. The van der Waals surface area contributed by atoms with Gasteiger partial charge >= 0.3 is 0 Å². The molecule has 2 aromatic carbocycles. The van der Waals surface area contributed by atoms with Gasteiger partial charge in [0.2, 0.25) is 5.91 Å². The summed E-state index contributed by atoms with van der Waals surface area (Å²) in [6.07, 6.45) is 6.15. The first-order valence-electron chi connectivity index (χ1n) is 10.1. The number of hydrogen-bond acceptors (Lipinski definition) is 3. The second-order valence-corrected chi connectivity index (χ2v) is 9.22. The lowest BCUT2D eigenvalue weighted by atomic mass is 9.85. The summed E-state index contributed by atoms with van der Waals surface area (Å²) in [4.78, 5) is 16.7. The van der Waals surface area contributed by atoms with E-state index in [1.54, 1.807) is 12.4 Å². The van der Waals surface area contributed by atoms with E-state index in [1.807, 2.05) is 30.5 Å². The van der Waals surface area contributed by atoms with Crippen molar-refractivity contribution >= 4 is 22.9 Å². The first-order chi connectivity index (χ1) is 13.8. The highest BCUT2D eigenvalue weighted by atomic mass is 16.2. The largest absolute Gasteiger partial charge is 0.273 e. The van der Waals surface area contributed by atoms with Crippen LogP contribution in [0.5, 0.6) is 0 Å². The van der Waals surface area contributed by atoms with E-state index < -0.39 is 0 Å². The van der Waals surface area contributed by atoms with E-state index in [9.17, 15) is 4.79 Å². The Kier molecular flexibility index (Phi) is 4.73. The summed E-state index contributed by atoms with van der Waals surface area (Å²) >= 11 is 0. The number of carbonyl (C=O) groups excluding carboxylic acids is 1. The van der Waals surface area contributed by atoms with E-state index in [4.69, 9.17) is 0 Å². The number of fused-ring (bicyclic) bond motifs is 1. The number of carbonyl (C=O) groups is 1. The van der Waals surface area contributed by atoms with Gasteiger partial charge in [0.1, 0.15) is 0 Å². The highest BCUT2D eigenvalue weighted by Crippen LogP contribution is 2.54. The van der Waals surface area contributed by atoms with Gasteiger partial charge in [-0.25, -0.2) is 5.43 Å². The molecule has 2 atom stereocenters. The molecular weight excluding hydrogens is 358 g/mol. The third kappa shape index (κ3) is 3.93. The number of nitrogens with one attached hydrogen (secondary N) is 1. The number of hydrazone groups is 1. The first kappa shape index (κ1) is 19.3. The quantitative estimate of drug-likeness (QED) is 0.510. The monoisotopic (exact) mass is 385 g/mol. The second kappa shape index (κ2) is 7.11. The van der Waals surface area contributed by atoms with E-state index in [1.165, 1.54) is 11.1 Å². The maximum absolute atomic E-state index is 12.6. The lowest BCUT2D eigenvalue weighted by Gasteiger charge is -2.20. The van der Waals surface area contributed by atoms with Crippen molar-refractivity contribution in [2.75, 3.05) is 0 Å². The van der Waals surface area contributed by atoms with Gasteiger partial charge < -0.3 is 0 Å². The van der Waals surface area contributed by atoms with Crippen molar-refractivity contribution in [1.82, 2.24) is 10.4 Å². The van der Waals surface area contributed by atoms with Crippen LogP contribution < -0.4 is 5.43 Å².